The molecule has 108 valence electrons. The van der Waals surface area contributed by atoms with Crippen molar-refractivity contribution in [1.29, 1.82) is 0 Å². The Morgan fingerprint density at radius 3 is 1.56 bits per heavy atom. The quantitative estimate of drug-likeness (QED) is 0.535. The van der Waals surface area contributed by atoms with Crippen LogP contribution in [0.2, 0.25) is 0 Å². The predicted octanol–water partition coefficient (Wildman–Crippen LogP) is 5.89. The molecule has 0 heterocycles. The Morgan fingerprint density at radius 2 is 1.28 bits per heavy atom. The molecule has 0 saturated heterocycles. The number of rotatable bonds is 6. The van der Waals surface area contributed by atoms with Crippen molar-refractivity contribution in [2.45, 2.75) is 96.3 Å². The lowest BCUT2D eigenvalue weighted by atomic mass is 9.70. The van der Waals surface area contributed by atoms with Crippen molar-refractivity contribution in [1.82, 2.24) is 0 Å². The fourth-order valence-corrected chi connectivity index (χ4v) is 7.73. The minimum absolute atomic E-state index is 0.692. The Labute approximate surface area is 119 Å². The third-order valence-corrected chi connectivity index (χ3v) is 7.72. The normalized spacial score (nSPS) is 29.3. The molecule has 0 N–H and O–H groups in total. The largest absolute Gasteiger partial charge is 0.116 e. The van der Waals surface area contributed by atoms with Gasteiger partial charge in [0.15, 0.2) is 0 Å². The average molecular weight is 288 g/mol. The van der Waals surface area contributed by atoms with Gasteiger partial charge in [-0.2, -0.15) is 0 Å². The van der Waals surface area contributed by atoms with Crippen LogP contribution in [0.1, 0.15) is 73.6 Å². The Kier molecular flexibility index (Phi) is 7.13. The highest BCUT2D eigenvalue weighted by Gasteiger charge is 2.38. The van der Waals surface area contributed by atoms with Crippen LogP contribution in [0, 0.1) is 5.41 Å². The standard InChI is InChI=1S/C16H34P2/c1-7-16(8-2)10-14(17-12(3)4)9-15(11-16)18-13(5)6/h12-15,17-18H,7-11H2,1-6H3. The van der Waals surface area contributed by atoms with Gasteiger partial charge in [-0.3, -0.25) is 0 Å². The van der Waals surface area contributed by atoms with Gasteiger partial charge >= 0.3 is 0 Å². The van der Waals surface area contributed by atoms with Gasteiger partial charge in [0, 0.05) is 0 Å². The van der Waals surface area contributed by atoms with Crippen molar-refractivity contribution in [3.05, 3.63) is 0 Å². The second-order valence-electron chi connectivity index (χ2n) is 6.89. The SMILES string of the molecule is CCC1(CC)CC(PC(C)C)CC(PC(C)C)C1. The van der Waals surface area contributed by atoms with Crippen molar-refractivity contribution in [3.8, 4) is 0 Å². The molecule has 1 fully saturated rings. The van der Waals surface area contributed by atoms with Crippen molar-refractivity contribution in [2.75, 3.05) is 0 Å². The minimum Gasteiger partial charge on any atom is -0.116 e. The van der Waals surface area contributed by atoms with E-state index in [-0.39, 0.29) is 0 Å². The fraction of sp³-hybridized carbons (Fsp3) is 1.00. The van der Waals surface area contributed by atoms with E-state index in [1.54, 1.807) is 0 Å². The summed E-state index contributed by atoms with van der Waals surface area (Å²) in [6, 6.07) is 0. The molecule has 2 heteroatoms. The van der Waals surface area contributed by atoms with E-state index in [9.17, 15) is 0 Å². The lowest BCUT2D eigenvalue weighted by molar-refractivity contribution is 0.180. The molecule has 0 aromatic carbocycles. The molecule has 0 aromatic rings. The summed E-state index contributed by atoms with van der Waals surface area (Å²) < 4.78 is 0. The number of hydrogen-bond donors (Lipinski definition) is 0. The van der Waals surface area contributed by atoms with E-state index in [1.165, 1.54) is 49.3 Å². The summed E-state index contributed by atoms with van der Waals surface area (Å²) in [5, 5.41) is 0. The Balaban J connectivity index is 2.71. The van der Waals surface area contributed by atoms with Crippen LogP contribution in [0.4, 0.5) is 0 Å². The van der Waals surface area contributed by atoms with E-state index in [2.05, 4.69) is 41.5 Å². The second kappa shape index (κ2) is 7.59. The maximum atomic E-state index is 2.43. The molecule has 0 amide bonds. The molecule has 0 nitrogen and oxygen atoms in total. The van der Waals surface area contributed by atoms with Gasteiger partial charge in [0.25, 0.3) is 0 Å². The second-order valence-corrected chi connectivity index (χ2v) is 11.5. The Hall–Kier alpha value is 0.860. The van der Waals surface area contributed by atoms with Gasteiger partial charge in [0.05, 0.1) is 0 Å². The molecule has 0 spiro atoms. The van der Waals surface area contributed by atoms with Gasteiger partial charge < -0.3 is 0 Å². The highest BCUT2D eigenvalue weighted by Crippen LogP contribution is 2.52. The lowest BCUT2D eigenvalue weighted by Crippen LogP contribution is -2.35. The first-order valence-corrected chi connectivity index (χ1v) is 10.2. The van der Waals surface area contributed by atoms with Crippen LogP contribution in [0.25, 0.3) is 0 Å². The van der Waals surface area contributed by atoms with E-state index in [4.69, 9.17) is 0 Å². The third-order valence-electron chi connectivity index (χ3n) is 4.57. The highest BCUT2D eigenvalue weighted by molar-refractivity contribution is 7.41. The van der Waals surface area contributed by atoms with Crippen LogP contribution in [0.3, 0.4) is 0 Å². The van der Waals surface area contributed by atoms with E-state index in [0.29, 0.717) is 5.41 Å². The van der Waals surface area contributed by atoms with Crippen molar-refractivity contribution in [2.24, 2.45) is 5.41 Å². The lowest BCUT2D eigenvalue weighted by Gasteiger charge is -2.45. The van der Waals surface area contributed by atoms with Crippen LogP contribution in [0.15, 0.2) is 0 Å². The average Bonchev–Trinajstić information content (AvgIpc) is 2.26. The molecule has 0 radical (unpaired) electrons. The molecule has 1 aliphatic carbocycles. The van der Waals surface area contributed by atoms with Crippen LogP contribution in [-0.4, -0.2) is 22.6 Å². The molecule has 0 bridgehead atoms. The summed E-state index contributed by atoms with van der Waals surface area (Å²) in [4.78, 5) is 0. The third kappa shape index (κ3) is 5.09. The van der Waals surface area contributed by atoms with Crippen LogP contribution < -0.4 is 0 Å². The Morgan fingerprint density at radius 1 is 0.889 bits per heavy atom. The molecule has 1 saturated carbocycles. The molecule has 18 heavy (non-hydrogen) atoms. The van der Waals surface area contributed by atoms with Gasteiger partial charge in [-0.25, -0.2) is 0 Å². The summed E-state index contributed by atoms with van der Waals surface area (Å²) in [7, 11) is 2.40. The zero-order valence-corrected chi connectivity index (χ0v) is 15.3. The van der Waals surface area contributed by atoms with E-state index in [0.717, 1.165) is 22.6 Å². The molecular weight excluding hydrogens is 254 g/mol. The smallest absolute Gasteiger partial charge is 0.0223 e. The first-order chi connectivity index (χ1) is 8.40. The Bertz CT molecular complexity index is 211. The zero-order valence-electron chi connectivity index (χ0n) is 13.3. The van der Waals surface area contributed by atoms with E-state index in [1.807, 2.05) is 0 Å². The van der Waals surface area contributed by atoms with Crippen LogP contribution in [-0.2, 0) is 0 Å². The summed E-state index contributed by atoms with van der Waals surface area (Å²) in [5.74, 6) is 0. The van der Waals surface area contributed by atoms with Gasteiger partial charge in [-0.05, 0) is 47.3 Å². The first-order valence-electron chi connectivity index (χ1n) is 7.93. The summed E-state index contributed by atoms with van der Waals surface area (Å²) in [6.07, 6.45) is 7.39. The molecule has 0 aromatic heterocycles. The van der Waals surface area contributed by atoms with Crippen LogP contribution in [0.5, 0.6) is 0 Å². The molecule has 0 aliphatic heterocycles. The van der Waals surface area contributed by atoms with E-state index >= 15 is 0 Å². The summed E-state index contributed by atoms with van der Waals surface area (Å²) >= 11 is 0. The minimum atomic E-state index is 0.692. The maximum Gasteiger partial charge on any atom is -0.0223 e. The van der Waals surface area contributed by atoms with Crippen molar-refractivity contribution in [3.63, 3.8) is 0 Å². The number of hydrogen-bond acceptors (Lipinski definition) is 0. The summed E-state index contributed by atoms with van der Waals surface area (Å²) in [6.45, 7) is 14.5. The van der Waals surface area contributed by atoms with E-state index < -0.39 is 0 Å². The van der Waals surface area contributed by atoms with Crippen LogP contribution >= 0.6 is 17.2 Å². The van der Waals surface area contributed by atoms with Crippen molar-refractivity contribution < 1.29 is 0 Å². The van der Waals surface area contributed by atoms with Gasteiger partial charge in [0.2, 0.25) is 0 Å². The predicted molar refractivity (Wildman–Crippen MR) is 91.3 cm³/mol. The molecule has 4 unspecified atom stereocenters. The zero-order chi connectivity index (χ0) is 13.8. The maximum absolute atomic E-state index is 2.43. The topological polar surface area (TPSA) is 0 Å². The van der Waals surface area contributed by atoms with Gasteiger partial charge in [0.1, 0.15) is 0 Å². The van der Waals surface area contributed by atoms with Gasteiger partial charge in [-0.15, -0.1) is 17.2 Å². The molecule has 4 atom stereocenters. The van der Waals surface area contributed by atoms with Gasteiger partial charge in [-0.1, -0.05) is 54.4 Å². The monoisotopic (exact) mass is 288 g/mol. The summed E-state index contributed by atoms with van der Waals surface area (Å²) in [5.41, 5.74) is 4.58. The first kappa shape index (κ1) is 16.9. The molecular formula is C16H34P2. The molecule has 1 aliphatic rings. The highest BCUT2D eigenvalue weighted by atomic mass is 31.1. The fourth-order valence-electron chi connectivity index (χ4n) is 3.66. The molecule has 1 rings (SSSR count). The van der Waals surface area contributed by atoms with Crippen molar-refractivity contribution >= 4 is 17.2 Å².